The van der Waals surface area contributed by atoms with Gasteiger partial charge in [-0.2, -0.15) is 0 Å². The number of hydrogen-bond donors (Lipinski definition) is 1. The SMILES string of the molecule is CC(C)CC1=CNCC=N1. The minimum atomic E-state index is 0.697. The highest BCUT2D eigenvalue weighted by atomic mass is 14.9. The lowest BCUT2D eigenvalue weighted by molar-refractivity contribution is 0.633. The van der Waals surface area contributed by atoms with Gasteiger partial charge in [0, 0.05) is 19.0 Å². The van der Waals surface area contributed by atoms with Crippen molar-refractivity contribution in [2.24, 2.45) is 10.9 Å². The predicted molar refractivity (Wildman–Crippen MR) is 44.0 cm³/mol. The number of hydrogen-bond acceptors (Lipinski definition) is 2. The monoisotopic (exact) mass is 138 g/mol. The first-order valence-corrected chi connectivity index (χ1v) is 3.74. The average molecular weight is 138 g/mol. The summed E-state index contributed by atoms with van der Waals surface area (Å²) in [7, 11) is 0. The molecule has 1 aliphatic heterocycles. The summed E-state index contributed by atoms with van der Waals surface area (Å²) in [6.45, 7) is 5.28. The van der Waals surface area contributed by atoms with E-state index in [0.717, 1.165) is 13.0 Å². The van der Waals surface area contributed by atoms with Gasteiger partial charge < -0.3 is 5.32 Å². The fourth-order valence-electron chi connectivity index (χ4n) is 0.960. The van der Waals surface area contributed by atoms with Crippen LogP contribution in [0.2, 0.25) is 0 Å². The Balaban J connectivity index is 2.40. The molecule has 0 saturated carbocycles. The van der Waals surface area contributed by atoms with Crippen LogP contribution in [0, 0.1) is 5.92 Å². The van der Waals surface area contributed by atoms with E-state index in [9.17, 15) is 0 Å². The van der Waals surface area contributed by atoms with E-state index in [0.29, 0.717) is 5.92 Å². The second kappa shape index (κ2) is 3.40. The van der Waals surface area contributed by atoms with Gasteiger partial charge in [0.1, 0.15) is 0 Å². The lowest BCUT2D eigenvalue weighted by Crippen LogP contribution is -2.13. The van der Waals surface area contributed by atoms with Crippen molar-refractivity contribution in [2.75, 3.05) is 6.54 Å². The molecular weight excluding hydrogens is 124 g/mol. The Labute approximate surface area is 62.0 Å². The zero-order chi connectivity index (χ0) is 7.40. The molecule has 10 heavy (non-hydrogen) atoms. The number of aliphatic imine (C=N–C) groups is 1. The molecule has 1 aliphatic rings. The van der Waals surface area contributed by atoms with Crippen LogP contribution < -0.4 is 5.32 Å². The second-order valence-corrected chi connectivity index (χ2v) is 2.95. The van der Waals surface area contributed by atoms with Crippen LogP contribution in [0.15, 0.2) is 16.9 Å². The molecule has 0 aliphatic carbocycles. The van der Waals surface area contributed by atoms with Crippen LogP contribution in [0.25, 0.3) is 0 Å². The van der Waals surface area contributed by atoms with E-state index in [1.165, 1.54) is 5.70 Å². The van der Waals surface area contributed by atoms with Crippen molar-refractivity contribution in [3.05, 3.63) is 11.9 Å². The summed E-state index contributed by atoms with van der Waals surface area (Å²) in [4.78, 5) is 4.24. The molecule has 0 fully saturated rings. The maximum absolute atomic E-state index is 4.24. The number of nitrogens with one attached hydrogen (secondary N) is 1. The predicted octanol–water partition coefficient (Wildman–Crippen LogP) is 1.55. The van der Waals surface area contributed by atoms with Crippen LogP contribution >= 0.6 is 0 Å². The summed E-state index contributed by atoms with van der Waals surface area (Å²) in [5.74, 6) is 0.697. The Morgan fingerprint density at radius 2 is 2.50 bits per heavy atom. The van der Waals surface area contributed by atoms with Crippen molar-refractivity contribution in [3.8, 4) is 0 Å². The number of nitrogens with zero attached hydrogens (tertiary/aromatic N) is 1. The Hall–Kier alpha value is -0.790. The van der Waals surface area contributed by atoms with Gasteiger partial charge in [0.2, 0.25) is 0 Å². The van der Waals surface area contributed by atoms with E-state index >= 15 is 0 Å². The van der Waals surface area contributed by atoms with E-state index in [2.05, 4.69) is 24.2 Å². The van der Waals surface area contributed by atoms with E-state index < -0.39 is 0 Å². The van der Waals surface area contributed by atoms with Crippen LogP contribution in [0.4, 0.5) is 0 Å². The third-order valence-electron chi connectivity index (χ3n) is 1.35. The summed E-state index contributed by atoms with van der Waals surface area (Å²) in [5, 5.41) is 3.13. The quantitative estimate of drug-likeness (QED) is 0.615. The van der Waals surface area contributed by atoms with Crippen LogP contribution in [0.5, 0.6) is 0 Å². The van der Waals surface area contributed by atoms with Gasteiger partial charge in [0.05, 0.1) is 5.70 Å². The van der Waals surface area contributed by atoms with Crippen LogP contribution in [-0.2, 0) is 0 Å². The van der Waals surface area contributed by atoms with Crippen molar-refractivity contribution < 1.29 is 0 Å². The molecule has 0 aromatic carbocycles. The highest BCUT2D eigenvalue weighted by molar-refractivity contribution is 5.62. The third-order valence-corrected chi connectivity index (χ3v) is 1.35. The first-order valence-electron chi connectivity index (χ1n) is 3.74. The molecule has 0 aromatic heterocycles. The molecule has 0 unspecified atom stereocenters. The Morgan fingerprint density at radius 1 is 1.70 bits per heavy atom. The lowest BCUT2D eigenvalue weighted by atomic mass is 10.1. The van der Waals surface area contributed by atoms with Crippen LogP contribution in [-0.4, -0.2) is 12.8 Å². The zero-order valence-electron chi connectivity index (χ0n) is 6.59. The standard InChI is InChI=1S/C8H14N2/c1-7(2)5-8-6-9-3-4-10-8/h4,6-7,9H,3,5H2,1-2H3. The molecule has 0 spiro atoms. The fourth-order valence-corrected chi connectivity index (χ4v) is 0.960. The highest BCUT2D eigenvalue weighted by Crippen LogP contribution is 2.11. The minimum absolute atomic E-state index is 0.697. The van der Waals surface area contributed by atoms with Crippen LogP contribution in [0.1, 0.15) is 20.3 Å². The summed E-state index contributed by atoms with van der Waals surface area (Å²) < 4.78 is 0. The molecule has 0 radical (unpaired) electrons. The van der Waals surface area contributed by atoms with Crippen molar-refractivity contribution in [1.29, 1.82) is 0 Å². The maximum Gasteiger partial charge on any atom is 0.0559 e. The smallest absolute Gasteiger partial charge is 0.0559 e. The van der Waals surface area contributed by atoms with Gasteiger partial charge in [-0.3, -0.25) is 4.99 Å². The molecule has 0 atom stereocenters. The van der Waals surface area contributed by atoms with Crippen LogP contribution in [0.3, 0.4) is 0 Å². The molecule has 2 heteroatoms. The van der Waals surface area contributed by atoms with Crippen molar-refractivity contribution in [3.63, 3.8) is 0 Å². The summed E-state index contributed by atoms with van der Waals surface area (Å²) in [6, 6.07) is 0. The molecular formula is C8H14N2. The van der Waals surface area contributed by atoms with Gasteiger partial charge in [-0.05, 0) is 12.3 Å². The first-order chi connectivity index (χ1) is 4.79. The van der Waals surface area contributed by atoms with Gasteiger partial charge in [-0.25, -0.2) is 0 Å². The summed E-state index contributed by atoms with van der Waals surface area (Å²) >= 11 is 0. The van der Waals surface area contributed by atoms with E-state index in [4.69, 9.17) is 0 Å². The largest absolute Gasteiger partial charge is 0.384 e. The molecule has 1 N–H and O–H groups in total. The van der Waals surface area contributed by atoms with Crippen molar-refractivity contribution >= 4 is 6.21 Å². The highest BCUT2D eigenvalue weighted by Gasteiger charge is 2.00. The first kappa shape index (κ1) is 7.32. The van der Waals surface area contributed by atoms with Gasteiger partial charge in [0.15, 0.2) is 0 Å². The molecule has 0 aromatic rings. The van der Waals surface area contributed by atoms with Gasteiger partial charge in [-0.15, -0.1) is 0 Å². The normalized spacial score (nSPS) is 16.9. The van der Waals surface area contributed by atoms with Crippen molar-refractivity contribution in [1.82, 2.24) is 5.32 Å². The molecule has 1 heterocycles. The summed E-state index contributed by atoms with van der Waals surface area (Å²) in [5.41, 5.74) is 1.17. The third kappa shape index (κ3) is 2.21. The van der Waals surface area contributed by atoms with Crippen molar-refractivity contribution in [2.45, 2.75) is 20.3 Å². The molecule has 2 nitrogen and oxygen atoms in total. The fraction of sp³-hybridized carbons (Fsp3) is 0.625. The molecule has 1 rings (SSSR count). The average Bonchev–Trinajstić information content (AvgIpc) is 1.88. The van der Waals surface area contributed by atoms with E-state index in [1.54, 1.807) is 0 Å². The molecule has 0 amide bonds. The van der Waals surface area contributed by atoms with Gasteiger partial charge in [-0.1, -0.05) is 13.8 Å². The van der Waals surface area contributed by atoms with Gasteiger partial charge >= 0.3 is 0 Å². The van der Waals surface area contributed by atoms with E-state index in [-0.39, 0.29) is 0 Å². The molecule has 56 valence electrons. The van der Waals surface area contributed by atoms with Gasteiger partial charge in [0.25, 0.3) is 0 Å². The molecule has 0 saturated heterocycles. The topological polar surface area (TPSA) is 24.4 Å². The van der Waals surface area contributed by atoms with E-state index in [1.807, 2.05) is 12.4 Å². The number of rotatable bonds is 2. The Bertz CT molecular complexity index is 157. The Kier molecular flexibility index (Phi) is 2.49. The summed E-state index contributed by atoms with van der Waals surface area (Å²) in [6.07, 6.45) is 4.99. The number of allylic oxidation sites excluding steroid dienone is 1. The Morgan fingerprint density at radius 3 is 3.00 bits per heavy atom. The minimum Gasteiger partial charge on any atom is -0.384 e. The second-order valence-electron chi connectivity index (χ2n) is 2.95. The maximum atomic E-state index is 4.24. The lowest BCUT2D eigenvalue weighted by Gasteiger charge is -2.09. The molecule has 0 bridgehead atoms. The zero-order valence-corrected chi connectivity index (χ0v) is 6.59.